The van der Waals surface area contributed by atoms with Crippen LogP contribution >= 0.6 is 35.0 Å². The number of amidine groups is 1. The molecular formula is C22H18Cl2FN3O3S. The molecule has 0 atom stereocenters. The van der Waals surface area contributed by atoms with Gasteiger partial charge in [0.25, 0.3) is 5.91 Å². The summed E-state index contributed by atoms with van der Waals surface area (Å²) in [5, 5.41) is 0.959. The number of benzene rings is 2. The number of carbonyl (C=O) groups is 2. The first-order chi connectivity index (χ1) is 15.4. The zero-order chi connectivity index (χ0) is 22.7. The van der Waals surface area contributed by atoms with Crippen LogP contribution in [0.15, 0.2) is 53.2 Å². The standard InChI is InChI=1S/C22H18Cl2FN3O3S/c23-15-6-5-14(11-16(15)24)12-18-21(30)28(19-4-2-1-3-17(19)25)22(26-18)32-13-20(29)27-7-9-31-10-8-27/h1-6,11-12H,7-10,13H2/b18-12+. The molecule has 0 bridgehead atoms. The highest BCUT2D eigenvalue weighted by atomic mass is 35.5. The maximum absolute atomic E-state index is 14.5. The molecule has 32 heavy (non-hydrogen) atoms. The van der Waals surface area contributed by atoms with Crippen molar-refractivity contribution in [2.45, 2.75) is 0 Å². The van der Waals surface area contributed by atoms with Crippen molar-refractivity contribution < 1.29 is 18.7 Å². The summed E-state index contributed by atoms with van der Waals surface area (Å²) in [6.45, 7) is 2.02. The van der Waals surface area contributed by atoms with Crippen molar-refractivity contribution in [2.24, 2.45) is 4.99 Å². The van der Waals surface area contributed by atoms with E-state index in [1.807, 2.05) is 0 Å². The predicted octanol–water partition coefficient (Wildman–Crippen LogP) is 4.47. The highest BCUT2D eigenvalue weighted by molar-refractivity contribution is 8.14. The lowest BCUT2D eigenvalue weighted by Crippen LogP contribution is -2.42. The monoisotopic (exact) mass is 493 g/mol. The number of amides is 2. The van der Waals surface area contributed by atoms with Crippen LogP contribution in [0.4, 0.5) is 10.1 Å². The quantitative estimate of drug-likeness (QED) is 0.589. The molecule has 0 aromatic heterocycles. The molecule has 2 aromatic carbocycles. The average Bonchev–Trinajstić information content (AvgIpc) is 3.10. The third kappa shape index (κ3) is 4.99. The minimum Gasteiger partial charge on any atom is -0.378 e. The van der Waals surface area contributed by atoms with Crippen LogP contribution in [0.3, 0.4) is 0 Å². The number of carbonyl (C=O) groups excluding carboxylic acids is 2. The summed E-state index contributed by atoms with van der Waals surface area (Å²) in [5.74, 6) is -1.09. The maximum Gasteiger partial charge on any atom is 0.283 e. The van der Waals surface area contributed by atoms with Gasteiger partial charge in [-0.25, -0.2) is 9.38 Å². The third-order valence-corrected chi connectivity index (χ3v) is 6.52. The smallest absolute Gasteiger partial charge is 0.283 e. The molecule has 0 radical (unpaired) electrons. The Morgan fingerprint density at radius 1 is 1.16 bits per heavy atom. The number of nitrogens with zero attached hydrogens (tertiary/aromatic N) is 3. The first kappa shape index (κ1) is 22.8. The molecule has 2 aliphatic heterocycles. The second-order valence-corrected chi connectivity index (χ2v) is 8.73. The first-order valence-electron chi connectivity index (χ1n) is 9.77. The predicted molar refractivity (Wildman–Crippen MR) is 126 cm³/mol. The van der Waals surface area contributed by atoms with Crippen molar-refractivity contribution in [3.63, 3.8) is 0 Å². The highest BCUT2D eigenvalue weighted by Gasteiger charge is 2.34. The van der Waals surface area contributed by atoms with Gasteiger partial charge in [-0.05, 0) is 35.9 Å². The van der Waals surface area contributed by atoms with Crippen LogP contribution in [-0.2, 0) is 14.3 Å². The Labute approximate surface area is 198 Å². The molecule has 0 saturated carbocycles. The van der Waals surface area contributed by atoms with Gasteiger partial charge in [0.2, 0.25) is 5.91 Å². The van der Waals surface area contributed by atoms with Crippen molar-refractivity contribution in [1.82, 2.24) is 4.90 Å². The van der Waals surface area contributed by atoms with E-state index >= 15 is 0 Å². The fourth-order valence-electron chi connectivity index (χ4n) is 3.23. The summed E-state index contributed by atoms with van der Waals surface area (Å²) in [6.07, 6.45) is 1.55. The Bertz CT molecular complexity index is 1120. The number of thioether (sulfide) groups is 1. The van der Waals surface area contributed by atoms with E-state index in [0.29, 0.717) is 41.9 Å². The molecular weight excluding hydrogens is 476 g/mol. The van der Waals surface area contributed by atoms with Crippen LogP contribution in [0.2, 0.25) is 10.0 Å². The molecule has 1 fully saturated rings. The van der Waals surface area contributed by atoms with E-state index in [0.717, 1.165) is 11.8 Å². The molecule has 0 aliphatic carbocycles. The minimum atomic E-state index is -0.565. The maximum atomic E-state index is 14.5. The number of ether oxygens (including phenoxy) is 1. The topological polar surface area (TPSA) is 62.2 Å². The molecule has 10 heteroatoms. The van der Waals surface area contributed by atoms with Gasteiger partial charge in [0.05, 0.1) is 34.7 Å². The van der Waals surface area contributed by atoms with E-state index in [9.17, 15) is 14.0 Å². The fraction of sp³-hybridized carbons (Fsp3) is 0.227. The first-order valence-corrected chi connectivity index (χ1v) is 11.5. The van der Waals surface area contributed by atoms with E-state index in [1.54, 1.807) is 35.2 Å². The molecule has 166 valence electrons. The van der Waals surface area contributed by atoms with Gasteiger partial charge in [-0.1, -0.05) is 53.2 Å². The van der Waals surface area contributed by atoms with E-state index in [-0.39, 0.29) is 28.2 Å². The van der Waals surface area contributed by atoms with Crippen molar-refractivity contribution >= 4 is 63.7 Å². The van der Waals surface area contributed by atoms with E-state index in [1.165, 1.54) is 23.1 Å². The van der Waals surface area contributed by atoms with Gasteiger partial charge in [-0.3, -0.25) is 14.5 Å². The van der Waals surface area contributed by atoms with Gasteiger partial charge in [-0.15, -0.1) is 0 Å². The summed E-state index contributed by atoms with van der Waals surface area (Å²) < 4.78 is 19.8. The number of aliphatic imine (C=N–C) groups is 1. The second kappa shape index (κ2) is 10.0. The van der Waals surface area contributed by atoms with Crippen LogP contribution in [-0.4, -0.2) is 53.9 Å². The lowest BCUT2D eigenvalue weighted by atomic mass is 10.2. The summed E-state index contributed by atoms with van der Waals surface area (Å²) in [6, 6.07) is 10.9. The third-order valence-electron chi connectivity index (χ3n) is 4.86. The SMILES string of the molecule is O=C(CSC1=N/C(=C/c2ccc(Cl)c(Cl)c2)C(=O)N1c1ccccc1F)N1CCOCC1. The Balaban J connectivity index is 1.62. The number of hydrogen-bond acceptors (Lipinski definition) is 5. The number of rotatable bonds is 4. The van der Waals surface area contributed by atoms with Crippen molar-refractivity contribution in [2.75, 3.05) is 37.0 Å². The van der Waals surface area contributed by atoms with E-state index in [2.05, 4.69) is 4.99 Å². The molecule has 4 rings (SSSR count). The Morgan fingerprint density at radius 2 is 1.91 bits per heavy atom. The van der Waals surface area contributed by atoms with Gasteiger partial charge >= 0.3 is 0 Å². The van der Waals surface area contributed by atoms with E-state index in [4.69, 9.17) is 27.9 Å². The zero-order valence-electron chi connectivity index (χ0n) is 16.8. The van der Waals surface area contributed by atoms with Gasteiger partial charge in [-0.2, -0.15) is 0 Å². The minimum absolute atomic E-state index is 0.0666. The van der Waals surface area contributed by atoms with Crippen LogP contribution in [0.5, 0.6) is 0 Å². The van der Waals surface area contributed by atoms with Crippen LogP contribution in [0, 0.1) is 5.82 Å². The average molecular weight is 494 g/mol. The van der Waals surface area contributed by atoms with Gasteiger partial charge in [0.15, 0.2) is 5.17 Å². The molecule has 1 saturated heterocycles. The summed E-state index contributed by atoms with van der Waals surface area (Å²) in [7, 11) is 0. The lowest BCUT2D eigenvalue weighted by molar-refractivity contribution is -0.132. The highest BCUT2D eigenvalue weighted by Crippen LogP contribution is 2.32. The molecule has 2 amide bonds. The molecule has 2 aliphatic rings. The van der Waals surface area contributed by atoms with Gasteiger partial charge in [0.1, 0.15) is 11.5 Å². The zero-order valence-corrected chi connectivity index (χ0v) is 19.1. The summed E-state index contributed by atoms with van der Waals surface area (Å²) in [5.41, 5.74) is 0.795. The molecule has 0 N–H and O–H groups in total. The van der Waals surface area contributed by atoms with Crippen LogP contribution < -0.4 is 4.90 Å². The van der Waals surface area contributed by atoms with Crippen molar-refractivity contribution in [3.8, 4) is 0 Å². The fourth-order valence-corrected chi connectivity index (χ4v) is 4.44. The largest absolute Gasteiger partial charge is 0.378 e. The number of anilines is 1. The van der Waals surface area contributed by atoms with E-state index < -0.39 is 11.7 Å². The lowest BCUT2D eigenvalue weighted by Gasteiger charge is -2.27. The Kier molecular flexibility index (Phi) is 7.15. The normalized spacial score (nSPS) is 17.8. The Morgan fingerprint density at radius 3 is 2.62 bits per heavy atom. The summed E-state index contributed by atoms with van der Waals surface area (Å²) >= 11 is 13.1. The molecule has 6 nitrogen and oxygen atoms in total. The molecule has 0 unspecified atom stereocenters. The molecule has 2 aromatic rings. The van der Waals surface area contributed by atoms with Gasteiger partial charge < -0.3 is 9.64 Å². The number of morpholine rings is 1. The number of para-hydroxylation sites is 1. The second-order valence-electron chi connectivity index (χ2n) is 6.97. The van der Waals surface area contributed by atoms with Crippen molar-refractivity contribution in [1.29, 1.82) is 0 Å². The molecule has 0 spiro atoms. The van der Waals surface area contributed by atoms with Crippen LogP contribution in [0.25, 0.3) is 6.08 Å². The van der Waals surface area contributed by atoms with Gasteiger partial charge in [0, 0.05) is 13.1 Å². The number of hydrogen-bond donors (Lipinski definition) is 0. The Hall–Kier alpha value is -2.39. The summed E-state index contributed by atoms with van der Waals surface area (Å²) in [4.78, 5) is 33.0. The van der Waals surface area contributed by atoms with Crippen molar-refractivity contribution in [3.05, 3.63) is 69.6 Å². The van der Waals surface area contributed by atoms with Crippen LogP contribution in [0.1, 0.15) is 5.56 Å². The number of halogens is 3. The molecule has 2 heterocycles.